The number of nitrogens with two attached hydrogens (primary N) is 1. The lowest BCUT2D eigenvalue weighted by Gasteiger charge is -2.10. The zero-order valence-corrected chi connectivity index (χ0v) is 13.7. The van der Waals surface area contributed by atoms with Crippen LogP contribution in [0.25, 0.3) is 22.2 Å². The van der Waals surface area contributed by atoms with Gasteiger partial charge in [-0.1, -0.05) is 53.2 Å². The van der Waals surface area contributed by atoms with Gasteiger partial charge >= 0.3 is 0 Å². The van der Waals surface area contributed by atoms with E-state index in [1.165, 1.54) is 27.7 Å². The highest BCUT2D eigenvalue weighted by molar-refractivity contribution is 9.10. The normalized spacial score (nSPS) is 12.7. The van der Waals surface area contributed by atoms with Crippen LogP contribution in [0, 0.1) is 0 Å². The number of H-pyrrole nitrogens is 1. The van der Waals surface area contributed by atoms with Crippen LogP contribution in [0.5, 0.6) is 0 Å². The molecular formula is C18H19BrN2. The van der Waals surface area contributed by atoms with Crippen LogP contribution in [0.1, 0.15) is 18.9 Å². The van der Waals surface area contributed by atoms with E-state index in [1.54, 1.807) is 0 Å². The minimum absolute atomic E-state index is 0.193. The van der Waals surface area contributed by atoms with Gasteiger partial charge < -0.3 is 10.7 Å². The minimum atomic E-state index is 0.193. The fraction of sp³-hybridized carbons (Fsp3) is 0.222. The average molecular weight is 343 g/mol. The number of fused-ring (bicyclic) bond motifs is 1. The van der Waals surface area contributed by atoms with Crippen LogP contribution in [0.15, 0.2) is 53.0 Å². The second-order valence-electron chi connectivity index (χ2n) is 5.40. The predicted molar refractivity (Wildman–Crippen MR) is 93.4 cm³/mol. The van der Waals surface area contributed by atoms with Gasteiger partial charge in [0.15, 0.2) is 0 Å². The average Bonchev–Trinajstić information content (AvgIpc) is 2.87. The largest absolute Gasteiger partial charge is 0.354 e. The Morgan fingerprint density at radius 3 is 2.52 bits per heavy atom. The maximum atomic E-state index is 6.20. The third kappa shape index (κ3) is 2.89. The van der Waals surface area contributed by atoms with Crippen molar-refractivity contribution in [1.29, 1.82) is 0 Å². The quantitative estimate of drug-likeness (QED) is 0.697. The van der Waals surface area contributed by atoms with Crippen molar-refractivity contribution in [3.63, 3.8) is 0 Å². The third-order valence-electron chi connectivity index (χ3n) is 3.94. The molecule has 0 spiro atoms. The molecule has 0 saturated carbocycles. The fourth-order valence-corrected chi connectivity index (χ4v) is 2.95. The molecule has 3 rings (SSSR count). The van der Waals surface area contributed by atoms with Crippen LogP contribution in [0.2, 0.25) is 0 Å². The van der Waals surface area contributed by atoms with E-state index in [0.29, 0.717) is 0 Å². The van der Waals surface area contributed by atoms with Crippen molar-refractivity contribution >= 4 is 26.8 Å². The Balaban J connectivity index is 2.16. The van der Waals surface area contributed by atoms with E-state index in [9.17, 15) is 0 Å². The summed E-state index contributed by atoms with van der Waals surface area (Å²) in [7, 11) is 0. The summed E-state index contributed by atoms with van der Waals surface area (Å²) >= 11 is 3.49. The standard InChI is InChI=1S/C18H19BrN2/c1-2-14(20)11-16-15-5-3-4-6-17(15)21-18(16)12-7-9-13(19)10-8-12/h3-10,14,21H,2,11,20H2,1H3. The van der Waals surface area contributed by atoms with Crippen molar-refractivity contribution in [2.24, 2.45) is 5.73 Å². The van der Waals surface area contributed by atoms with Crippen LogP contribution in [-0.4, -0.2) is 11.0 Å². The van der Waals surface area contributed by atoms with Crippen LogP contribution in [0.3, 0.4) is 0 Å². The van der Waals surface area contributed by atoms with E-state index in [2.05, 4.69) is 76.4 Å². The molecule has 0 radical (unpaired) electrons. The van der Waals surface area contributed by atoms with Gasteiger partial charge in [-0.3, -0.25) is 0 Å². The van der Waals surface area contributed by atoms with Crippen LogP contribution < -0.4 is 5.73 Å². The summed E-state index contributed by atoms with van der Waals surface area (Å²) < 4.78 is 1.09. The molecule has 0 aliphatic heterocycles. The number of halogens is 1. The molecule has 0 aliphatic rings. The van der Waals surface area contributed by atoms with Gasteiger partial charge in [-0.05, 0) is 42.2 Å². The molecule has 2 nitrogen and oxygen atoms in total. The first kappa shape index (κ1) is 14.4. The zero-order chi connectivity index (χ0) is 14.8. The molecule has 3 N–H and O–H groups in total. The highest BCUT2D eigenvalue weighted by Gasteiger charge is 2.15. The van der Waals surface area contributed by atoms with Crippen LogP contribution in [0.4, 0.5) is 0 Å². The number of aromatic amines is 1. The first-order chi connectivity index (χ1) is 10.2. The third-order valence-corrected chi connectivity index (χ3v) is 4.47. The maximum Gasteiger partial charge on any atom is 0.0497 e. The molecule has 1 unspecified atom stereocenters. The number of aromatic nitrogens is 1. The number of rotatable bonds is 4. The van der Waals surface area contributed by atoms with Crippen molar-refractivity contribution in [3.8, 4) is 11.3 Å². The number of hydrogen-bond acceptors (Lipinski definition) is 1. The molecule has 1 aromatic heterocycles. The molecule has 108 valence electrons. The van der Waals surface area contributed by atoms with Crippen molar-refractivity contribution in [2.45, 2.75) is 25.8 Å². The summed E-state index contributed by atoms with van der Waals surface area (Å²) in [4.78, 5) is 3.56. The van der Waals surface area contributed by atoms with Gasteiger partial charge in [0.05, 0.1) is 0 Å². The van der Waals surface area contributed by atoms with Crippen molar-refractivity contribution in [1.82, 2.24) is 4.98 Å². The Labute approximate surface area is 133 Å². The van der Waals surface area contributed by atoms with Crippen molar-refractivity contribution in [3.05, 3.63) is 58.6 Å². The number of hydrogen-bond donors (Lipinski definition) is 2. The fourth-order valence-electron chi connectivity index (χ4n) is 2.68. The molecular weight excluding hydrogens is 324 g/mol. The topological polar surface area (TPSA) is 41.8 Å². The second-order valence-corrected chi connectivity index (χ2v) is 6.32. The van der Waals surface area contributed by atoms with Gasteiger partial charge in [0.1, 0.15) is 0 Å². The van der Waals surface area contributed by atoms with Crippen LogP contribution >= 0.6 is 15.9 Å². The number of nitrogens with one attached hydrogen (secondary N) is 1. The Kier molecular flexibility index (Phi) is 4.13. The minimum Gasteiger partial charge on any atom is -0.354 e. The lowest BCUT2D eigenvalue weighted by Crippen LogP contribution is -2.21. The van der Waals surface area contributed by atoms with Gasteiger partial charge in [0, 0.05) is 27.1 Å². The summed E-state index contributed by atoms with van der Waals surface area (Å²) in [5.74, 6) is 0. The molecule has 0 fully saturated rings. The number of benzene rings is 2. The van der Waals surface area contributed by atoms with Gasteiger partial charge in [0.2, 0.25) is 0 Å². The second kappa shape index (κ2) is 6.04. The molecule has 0 bridgehead atoms. The van der Waals surface area contributed by atoms with Gasteiger partial charge in [-0.2, -0.15) is 0 Å². The molecule has 3 aromatic rings. The van der Waals surface area contributed by atoms with E-state index in [4.69, 9.17) is 5.73 Å². The highest BCUT2D eigenvalue weighted by atomic mass is 79.9. The first-order valence-corrected chi connectivity index (χ1v) is 8.09. The van der Waals surface area contributed by atoms with E-state index >= 15 is 0 Å². The van der Waals surface area contributed by atoms with Gasteiger partial charge in [-0.25, -0.2) is 0 Å². The Morgan fingerprint density at radius 2 is 1.81 bits per heavy atom. The summed E-state index contributed by atoms with van der Waals surface area (Å²) in [5, 5.41) is 1.28. The van der Waals surface area contributed by atoms with Crippen molar-refractivity contribution in [2.75, 3.05) is 0 Å². The maximum absolute atomic E-state index is 6.20. The van der Waals surface area contributed by atoms with E-state index < -0.39 is 0 Å². The molecule has 0 saturated heterocycles. The van der Waals surface area contributed by atoms with E-state index in [-0.39, 0.29) is 6.04 Å². The van der Waals surface area contributed by atoms with Gasteiger partial charge in [0.25, 0.3) is 0 Å². The summed E-state index contributed by atoms with van der Waals surface area (Å²) in [6, 6.07) is 17.1. The summed E-state index contributed by atoms with van der Waals surface area (Å²) in [6.07, 6.45) is 1.88. The summed E-state index contributed by atoms with van der Waals surface area (Å²) in [6.45, 7) is 2.14. The number of para-hydroxylation sites is 1. The first-order valence-electron chi connectivity index (χ1n) is 7.30. The summed E-state index contributed by atoms with van der Waals surface area (Å²) in [5.41, 5.74) is 11.1. The molecule has 21 heavy (non-hydrogen) atoms. The Hall–Kier alpha value is -1.58. The van der Waals surface area contributed by atoms with E-state index in [0.717, 1.165) is 17.3 Å². The van der Waals surface area contributed by atoms with Crippen LogP contribution in [-0.2, 0) is 6.42 Å². The Bertz CT molecular complexity index is 744. The highest BCUT2D eigenvalue weighted by Crippen LogP contribution is 2.32. The lowest BCUT2D eigenvalue weighted by atomic mass is 9.98. The SMILES string of the molecule is CCC(N)Cc1c(-c2ccc(Br)cc2)[nH]c2ccccc12. The molecule has 0 amide bonds. The monoisotopic (exact) mass is 342 g/mol. The molecule has 3 heteroatoms. The van der Waals surface area contributed by atoms with Gasteiger partial charge in [-0.15, -0.1) is 0 Å². The predicted octanol–water partition coefficient (Wildman–Crippen LogP) is 4.88. The van der Waals surface area contributed by atoms with Crippen molar-refractivity contribution < 1.29 is 0 Å². The molecule has 0 aliphatic carbocycles. The zero-order valence-electron chi connectivity index (χ0n) is 12.1. The lowest BCUT2D eigenvalue weighted by molar-refractivity contribution is 0.649. The van der Waals surface area contributed by atoms with E-state index in [1.807, 2.05) is 0 Å². The molecule has 1 heterocycles. The molecule has 1 atom stereocenters. The molecule has 2 aromatic carbocycles. The smallest absolute Gasteiger partial charge is 0.0497 e. The Morgan fingerprint density at radius 1 is 1.10 bits per heavy atom.